The third kappa shape index (κ3) is 2.79. The van der Waals surface area contributed by atoms with E-state index in [0.717, 1.165) is 18.2 Å². The fraction of sp³-hybridized carbons (Fsp3) is 0.167. The molecule has 0 radical (unpaired) electrons. The minimum atomic E-state index is -0.784. The summed E-state index contributed by atoms with van der Waals surface area (Å²) in [6.45, 7) is 1.51. The Kier molecular flexibility index (Phi) is 3.74. The smallest absolute Gasteiger partial charge is 0.336 e. The number of carbonyl (C=O) groups is 1. The van der Waals surface area contributed by atoms with Crippen molar-refractivity contribution in [2.75, 3.05) is 0 Å². The lowest BCUT2D eigenvalue weighted by Gasteiger charge is -2.11. The summed E-state index contributed by atoms with van der Waals surface area (Å²) in [7, 11) is 0. The van der Waals surface area contributed by atoms with Crippen LogP contribution in [-0.2, 0) is 4.79 Å². The van der Waals surface area contributed by atoms with Crippen LogP contribution >= 0.6 is 0 Å². The molecule has 0 saturated heterocycles. The molecule has 104 valence electrons. The van der Waals surface area contributed by atoms with Gasteiger partial charge in [-0.1, -0.05) is 0 Å². The van der Waals surface area contributed by atoms with Gasteiger partial charge in [-0.25, -0.2) is 9.18 Å². The predicted octanol–water partition coefficient (Wildman–Crippen LogP) is 2.10. The van der Waals surface area contributed by atoms with Crippen LogP contribution < -0.4 is 4.74 Å². The summed E-state index contributed by atoms with van der Waals surface area (Å²) in [6.07, 6.45) is 3.03. The maximum atomic E-state index is 13.1. The van der Waals surface area contributed by atoms with E-state index in [1.165, 1.54) is 17.8 Å². The van der Waals surface area contributed by atoms with Crippen molar-refractivity contribution in [1.82, 2.24) is 9.78 Å². The Morgan fingerprint density at radius 3 is 2.90 bits per heavy atom. The van der Waals surface area contributed by atoms with Gasteiger partial charge >= 0.3 is 11.7 Å². The van der Waals surface area contributed by atoms with E-state index in [0.29, 0.717) is 0 Å². The van der Waals surface area contributed by atoms with Crippen LogP contribution in [-0.4, -0.2) is 20.7 Å². The minimum absolute atomic E-state index is 0.431. The Morgan fingerprint density at radius 1 is 1.55 bits per heavy atom. The molecule has 1 aromatic carbocycles. The fourth-order valence-electron chi connectivity index (χ4n) is 1.53. The second-order valence-corrected chi connectivity index (χ2v) is 3.95. The summed E-state index contributed by atoms with van der Waals surface area (Å²) >= 11 is 0. The molecule has 0 N–H and O–H groups in total. The lowest BCUT2D eigenvalue weighted by molar-refractivity contribution is -0.385. The fourth-order valence-corrected chi connectivity index (χ4v) is 1.53. The number of halogens is 1. The maximum absolute atomic E-state index is 13.1. The number of carbonyl (C=O) groups excluding carboxylic acids is 1. The van der Waals surface area contributed by atoms with Gasteiger partial charge in [0.25, 0.3) is 0 Å². The highest BCUT2D eigenvalue weighted by atomic mass is 19.1. The average Bonchev–Trinajstić information content (AvgIpc) is 2.91. The molecule has 2 aromatic rings. The number of benzene rings is 1. The quantitative estimate of drug-likeness (QED) is 0.370. The van der Waals surface area contributed by atoms with E-state index in [1.807, 2.05) is 0 Å². The molecule has 2 rings (SSSR count). The number of aromatic nitrogens is 2. The highest BCUT2D eigenvalue weighted by Crippen LogP contribution is 2.28. The van der Waals surface area contributed by atoms with E-state index in [1.54, 1.807) is 12.3 Å². The van der Waals surface area contributed by atoms with Crippen molar-refractivity contribution in [3.8, 4) is 5.75 Å². The number of hydrogen-bond acceptors (Lipinski definition) is 5. The molecule has 1 unspecified atom stereocenters. The van der Waals surface area contributed by atoms with Crippen molar-refractivity contribution in [2.45, 2.75) is 13.0 Å². The van der Waals surface area contributed by atoms with Crippen molar-refractivity contribution >= 4 is 11.7 Å². The standard InChI is InChI=1S/C12H10FN3O4/c1-8(15-6-2-5-14-15)12(17)20-11-7-9(13)3-4-10(11)16(18)19/h2-8H,1H3. The van der Waals surface area contributed by atoms with Crippen molar-refractivity contribution in [1.29, 1.82) is 0 Å². The third-order valence-electron chi connectivity index (χ3n) is 2.59. The highest BCUT2D eigenvalue weighted by molar-refractivity contribution is 5.77. The van der Waals surface area contributed by atoms with Crippen LogP contribution in [0.5, 0.6) is 5.75 Å². The van der Waals surface area contributed by atoms with Gasteiger partial charge in [-0.3, -0.25) is 14.8 Å². The zero-order valence-electron chi connectivity index (χ0n) is 10.4. The molecule has 8 heteroatoms. The number of rotatable bonds is 4. The van der Waals surface area contributed by atoms with Crippen molar-refractivity contribution in [2.24, 2.45) is 0 Å². The molecule has 1 heterocycles. The van der Waals surface area contributed by atoms with Gasteiger partial charge < -0.3 is 4.74 Å². The van der Waals surface area contributed by atoms with E-state index >= 15 is 0 Å². The molecule has 7 nitrogen and oxygen atoms in total. The number of nitro benzene ring substituents is 1. The van der Waals surface area contributed by atoms with Gasteiger partial charge in [-0.05, 0) is 19.1 Å². The van der Waals surface area contributed by atoms with Crippen LogP contribution in [0.1, 0.15) is 13.0 Å². The first kappa shape index (κ1) is 13.7. The zero-order chi connectivity index (χ0) is 14.7. The molecule has 0 fully saturated rings. The number of nitrogens with zero attached hydrogens (tertiary/aromatic N) is 3. The molecule has 0 amide bonds. The second kappa shape index (κ2) is 5.47. The van der Waals surface area contributed by atoms with Gasteiger partial charge in [-0.2, -0.15) is 5.10 Å². The minimum Gasteiger partial charge on any atom is -0.417 e. The van der Waals surface area contributed by atoms with Crippen LogP contribution in [0.25, 0.3) is 0 Å². The van der Waals surface area contributed by atoms with Crippen LogP contribution in [0.15, 0.2) is 36.7 Å². The Labute approximate surface area is 112 Å². The molecule has 0 bridgehead atoms. The van der Waals surface area contributed by atoms with Gasteiger partial charge in [0.1, 0.15) is 11.9 Å². The largest absolute Gasteiger partial charge is 0.417 e. The zero-order valence-corrected chi connectivity index (χ0v) is 10.4. The molecule has 0 aliphatic heterocycles. The summed E-state index contributed by atoms with van der Waals surface area (Å²) in [6, 6.07) is 3.50. The summed E-state index contributed by atoms with van der Waals surface area (Å²) < 4.78 is 19.3. The van der Waals surface area contributed by atoms with E-state index in [9.17, 15) is 19.3 Å². The summed E-state index contributed by atoms with van der Waals surface area (Å²) in [5, 5.41) is 14.6. The number of hydrogen-bond donors (Lipinski definition) is 0. The summed E-state index contributed by atoms with van der Waals surface area (Å²) in [4.78, 5) is 21.9. The molecule has 0 aliphatic carbocycles. The average molecular weight is 279 g/mol. The first-order chi connectivity index (χ1) is 9.49. The van der Waals surface area contributed by atoms with E-state index in [-0.39, 0.29) is 0 Å². The maximum Gasteiger partial charge on any atom is 0.336 e. The van der Waals surface area contributed by atoms with Crippen molar-refractivity contribution in [3.05, 3.63) is 52.6 Å². The van der Waals surface area contributed by atoms with Gasteiger partial charge in [0.2, 0.25) is 5.75 Å². The Bertz CT molecular complexity index is 642. The Balaban J connectivity index is 2.23. The van der Waals surface area contributed by atoms with E-state index in [2.05, 4.69) is 5.10 Å². The van der Waals surface area contributed by atoms with E-state index < -0.39 is 34.2 Å². The van der Waals surface area contributed by atoms with Crippen molar-refractivity contribution in [3.63, 3.8) is 0 Å². The van der Waals surface area contributed by atoms with Gasteiger partial charge in [0.05, 0.1) is 4.92 Å². The molecule has 0 aliphatic rings. The second-order valence-electron chi connectivity index (χ2n) is 3.95. The monoisotopic (exact) mass is 279 g/mol. The molecule has 1 aromatic heterocycles. The number of esters is 1. The predicted molar refractivity (Wildman–Crippen MR) is 65.6 cm³/mol. The van der Waals surface area contributed by atoms with Crippen LogP contribution in [0.4, 0.5) is 10.1 Å². The summed E-state index contributed by atoms with van der Waals surface area (Å²) in [5.74, 6) is -1.94. The lowest BCUT2D eigenvalue weighted by atomic mass is 10.3. The summed E-state index contributed by atoms with van der Waals surface area (Å²) in [5.41, 5.74) is -0.479. The Morgan fingerprint density at radius 2 is 2.30 bits per heavy atom. The first-order valence-corrected chi connectivity index (χ1v) is 5.64. The third-order valence-corrected chi connectivity index (χ3v) is 2.59. The Hall–Kier alpha value is -2.77. The van der Waals surface area contributed by atoms with Crippen LogP contribution in [0, 0.1) is 15.9 Å². The number of nitro groups is 1. The SMILES string of the molecule is CC(C(=O)Oc1cc(F)ccc1[N+](=O)[O-])n1cccn1. The van der Waals surface area contributed by atoms with Gasteiger partial charge in [0, 0.05) is 24.5 Å². The molecule has 1 atom stereocenters. The molecular weight excluding hydrogens is 269 g/mol. The van der Waals surface area contributed by atoms with Crippen LogP contribution in [0.3, 0.4) is 0 Å². The number of ether oxygens (including phenoxy) is 1. The molecular formula is C12H10FN3O4. The lowest BCUT2D eigenvalue weighted by Crippen LogP contribution is -2.22. The first-order valence-electron chi connectivity index (χ1n) is 5.64. The molecule has 0 saturated carbocycles. The topological polar surface area (TPSA) is 87.3 Å². The van der Waals surface area contributed by atoms with Gasteiger partial charge in [-0.15, -0.1) is 0 Å². The normalized spacial score (nSPS) is 11.9. The van der Waals surface area contributed by atoms with Crippen LogP contribution in [0.2, 0.25) is 0 Å². The highest BCUT2D eigenvalue weighted by Gasteiger charge is 2.23. The molecule has 0 spiro atoms. The molecule has 20 heavy (non-hydrogen) atoms. The van der Waals surface area contributed by atoms with E-state index in [4.69, 9.17) is 4.74 Å². The van der Waals surface area contributed by atoms with Crippen molar-refractivity contribution < 1.29 is 18.8 Å². The van der Waals surface area contributed by atoms with Gasteiger partial charge in [0.15, 0.2) is 0 Å².